The molecule has 0 saturated heterocycles. The van der Waals surface area contributed by atoms with Gasteiger partial charge >= 0.3 is 6.61 Å². The van der Waals surface area contributed by atoms with Crippen LogP contribution in [0, 0.1) is 0 Å². The Hall–Kier alpha value is -1.20. The van der Waals surface area contributed by atoms with Gasteiger partial charge in [-0.05, 0) is 6.07 Å². The predicted octanol–water partition coefficient (Wildman–Crippen LogP) is 1.94. The van der Waals surface area contributed by atoms with Crippen molar-refractivity contribution >= 4 is 0 Å². The van der Waals surface area contributed by atoms with Gasteiger partial charge in [0.1, 0.15) is 5.75 Å². The molecule has 0 spiro atoms. The summed E-state index contributed by atoms with van der Waals surface area (Å²) in [7, 11) is 1.45. The van der Waals surface area contributed by atoms with Crippen molar-refractivity contribution < 1.29 is 18.4 Å². The van der Waals surface area contributed by atoms with Crippen LogP contribution in [0.2, 0.25) is 0 Å². The first kappa shape index (κ1) is 10.9. The zero-order chi connectivity index (χ0) is 10.4. The van der Waals surface area contributed by atoms with Gasteiger partial charge in [-0.2, -0.15) is 14.3 Å². The van der Waals surface area contributed by atoms with Crippen molar-refractivity contribution in [2.45, 2.75) is 13.2 Å². The molecule has 0 amide bonds. The molecule has 0 radical (unpaired) electrons. The monoisotopic (exact) mass is 203 g/mol. The highest BCUT2D eigenvalue weighted by molar-refractivity contribution is 5.32. The zero-order valence-electron chi connectivity index (χ0n) is 7.67. The third kappa shape index (κ3) is 3.27. The standard InChI is InChI=1S/C9H11F2NO2/c1-13-12-6-7-4-2-3-5-8(7)14-9(10)11/h2-5,9,12H,6H2,1H3. The third-order valence-corrected chi connectivity index (χ3v) is 1.60. The van der Waals surface area contributed by atoms with Crippen molar-refractivity contribution in [1.29, 1.82) is 0 Å². The van der Waals surface area contributed by atoms with Crippen molar-refractivity contribution in [3.05, 3.63) is 29.8 Å². The van der Waals surface area contributed by atoms with E-state index in [2.05, 4.69) is 15.1 Å². The number of hydrogen-bond donors (Lipinski definition) is 1. The fraction of sp³-hybridized carbons (Fsp3) is 0.333. The minimum Gasteiger partial charge on any atom is -0.434 e. The quantitative estimate of drug-likeness (QED) is 0.742. The van der Waals surface area contributed by atoms with Crippen LogP contribution in [0.5, 0.6) is 5.75 Å². The van der Waals surface area contributed by atoms with Gasteiger partial charge in [-0.15, -0.1) is 0 Å². The minimum atomic E-state index is -2.81. The van der Waals surface area contributed by atoms with E-state index in [4.69, 9.17) is 0 Å². The van der Waals surface area contributed by atoms with Gasteiger partial charge in [0.15, 0.2) is 0 Å². The van der Waals surface area contributed by atoms with Gasteiger partial charge in [-0.3, -0.25) is 0 Å². The summed E-state index contributed by atoms with van der Waals surface area (Å²) in [4.78, 5) is 4.61. The van der Waals surface area contributed by atoms with Crippen molar-refractivity contribution in [2.24, 2.45) is 0 Å². The minimum absolute atomic E-state index is 0.159. The second-order valence-corrected chi connectivity index (χ2v) is 2.51. The van der Waals surface area contributed by atoms with Crippen molar-refractivity contribution in [2.75, 3.05) is 7.11 Å². The highest BCUT2D eigenvalue weighted by atomic mass is 19.3. The maximum absolute atomic E-state index is 11.9. The van der Waals surface area contributed by atoms with Gasteiger partial charge in [0.2, 0.25) is 0 Å². The summed E-state index contributed by atoms with van der Waals surface area (Å²) in [6.45, 7) is -2.49. The lowest BCUT2D eigenvalue weighted by Crippen LogP contribution is -2.13. The van der Waals surface area contributed by atoms with E-state index >= 15 is 0 Å². The molecule has 0 aliphatic carbocycles. The first-order valence-electron chi connectivity index (χ1n) is 4.02. The van der Waals surface area contributed by atoms with Gasteiger partial charge < -0.3 is 9.57 Å². The van der Waals surface area contributed by atoms with Gasteiger partial charge in [-0.25, -0.2) is 0 Å². The molecule has 0 saturated carbocycles. The molecule has 14 heavy (non-hydrogen) atoms. The van der Waals surface area contributed by atoms with Gasteiger partial charge in [0.25, 0.3) is 0 Å². The van der Waals surface area contributed by atoms with Gasteiger partial charge in [-0.1, -0.05) is 18.2 Å². The number of hydroxylamine groups is 1. The highest BCUT2D eigenvalue weighted by Gasteiger charge is 2.08. The Bertz CT molecular complexity index is 281. The number of rotatable bonds is 5. The van der Waals surface area contributed by atoms with E-state index in [1.54, 1.807) is 18.2 Å². The molecule has 0 unspecified atom stereocenters. The van der Waals surface area contributed by atoms with Crippen LogP contribution >= 0.6 is 0 Å². The van der Waals surface area contributed by atoms with E-state index in [0.717, 1.165) is 0 Å². The Morgan fingerprint density at radius 3 is 2.71 bits per heavy atom. The summed E-state index contributed by atoms with van der Waals surface area (Å²) < 4.78 is 28.2. The Morgan fingerprint density at radius 1 is 1.36 bits per heavy atom. The normalized spacial score (nSPS) is 10.6. The first-order chi connectivity index (χ1) is 6.74. The van der Waals surface area contributed by atoms with Crippen LogP contribution < -0.4 is 10.2 Å². The third-order valence-electron chi connectivity index (χ3n) is 1.60. The molecule has 0 heterocycles. The molecular formula is C9H11F2NO2. The van der Waals surface area contributed by atoms with Gasteiger partial charge in [0.05, 0.1) is 7.11 Å². The van der Waals surface area contributed by atoms with Crippen LogP contribution in [0.3, 0.4) is 0 Å². The molecule has 78 valence electrons. The Balaban J connectivity index is 2.69. The molecule has 1 N–H and O–H groups in total. The molecule has 0 aromatic heterocycles. The van der Waals surface area contributed by atoms with E-state index in [-0.39, 0.29) is 5.75 Å². The molecule has 1 rings (SSSR count). The Labute approximate surface area is 80.6 Å². The van der Waals surface area contributed by atoms with Crippen LogP contribution in [-0.2, 0) is 11.4 Å². The van der Waals surface area contributed by atoms with E-state index in [9.17, 15) is 8.78 Å². The van der Waals surface area contributed by atoms with E-state index < -0.39 is 6.61 Å². The Morgan fingerprint density at radius 2 is 2.07 bits per heavy atom. The maximum Gasteiger partial charge on any atom is 0.387 e. The van der Waals surface area contributed by atoms with Gasteiger partial charge in [0, 0.05) is 12.1 Å². The topological polar surface area (TPSA) is 30.5 Å². The van der Waals surface area contributed by atoms with Crippen LogP contribution in [0.4, 0.5) is 8.78 Å². The average molecular weight is 203 g/mol. The smallest absolute Gasteiger partial charge is 0.387 e. The zero-order valence-corrected chi connectivity index (χ0v) is 7.67. The molecule has 1 aromatic carbocycles. The number of hydrogen-bond acceptors (Lipinski definition) is 3. The van der Waals surface area contributed by atoms with Crippen LogP contribution in [0.1, 0.15) is 5.56 Å². The van der Waals surface area contributed by atoms with E-state index in [1.807, 2.05) is 0 Å². The molecule has 0 atom stereocenters. The SMILES string of the molecule is CONCc1ccccc1OC(F)F. The van der Waals surface area contributed by atoms with Crippen LogP contribution in [0.25, 0.3) is 0 Å². The summed E-state index contributed by atoms with van der Waals surface area (Å²) in [6.07, 6.45) is 0. The molecule has 0 fully saturated rings. The number of halogens is 2. The number of benzene rings is 1. The maximum atomic E-state index is 11.9. The molecular weight excluding hydrogens is 192 g/mol. The lowest BCUT2D eigenvalue weighted by molar-refractivity contribution is -0.0508. The fourth-order valence-electron chi connectivity index (χ4n) is 1.01. The summed E-state index contributed by atoms with van der Waals surface area (Å²) in [5, 5.41) is 0. The summed E-state index contributed by atoms with van der Waals surface area (Å²) in [6, 6.07) is 6.54. The average Bonchev–Trinajstić information content (AvgIpc) is 2.16. The number of nitrogens with one attached hydrogen (secondary N) is 1. The number of alkyl halides is 2. The molecule has 1 aromatic rings. The summed E-state index contributed by atoms with van der Waals surface area (Å²) in [5.74, 6) is 0.159. The van der Waals surface area contributed by atoms with E-state index in [1.165, 1.54) is 13.2 Å². The number of para-hydroxylation sites is 1. The van der Waals surface area contributed by atoms with Crippen LogP contribution in [-0.4, -0.2) is 13.7 Å². The lowest BCUT2D eigenvalue weighted by atomic mass is 10.2. The molecule has 5 heteroatoms. The summed E-state index contributed by atoms with van der Waals surface area (Å²) >= 11 is 0. The van der Waals surface area contributed by atoms with Crippen LogP contribution in [0.15, 0.2) is 24.3 Å². The largest absolute Gasteiger partial charge is 0.434 e. The Kier molecular flexibility index (Phi) is 4.28. The molecule has 0 aliphatic rings. The first-order valence-corrected chi connectivity index (χ1v) is 4.02. The second kappa shape index (κ2) is 5.51. The number of ether oxygens (including phenoxy) is 1. The highest BCUT2D eigenvalue weighted by Crippen LogP contribution is 2.19. The van der Waals surface area contributed by atoms with Crippen molar-refractivity contribution in [1.82, 2.24) is 5.48 Å². The fourth-order valence-corrected chi connectivity index (χ4v) is 1.01. The van der Waals surface area contributed by atoms with E-state index in [0.29, 0.717) is 12.1 Å². The van der Waals surface area contributed by atoms with Crippen molar-refractivity contribution in [3.63, 3.8) is 0 Å². The summed E-state index contributed by atoms with van der Waals surface area (Å²) in [5.41, 5.74) is 3.17. The van der Waals surface area contributed by atoms with Crippen molar-refractivity contribution in [3.8, 4) is 5.75 Å². The molecule has 0 aliphatic heterocycles. The second-order valence-electron chi connectivity index (χ2n) is 2.51. The lowest BCUT2D eigenvalue weighted by Gasteiger charge is -2.10. The molecule has 3 nitrogen and oxygen atoms in total. The molecule has 0 bridgehead atoms. The predicted molar refractivity (Wildman–Crippen MR) is 46.9 cm³/mol.